The molecule has 0 unspecified atom stereocenters. The van der Waals surface area contributed by atoms with Crippen molar-refractivity contribution in [3.8, 4) is 5.75 Å². The van der Waals surface area contributed by atoms with Crippen LogP contribution in [0.3, 0.4) is 0 Å². The van der Waals surface area contributed by atoms with Crippen LogP contribution in [-0.2, 0) is 17.9 Å². The summed E-state index contributed by atoms with van der Waals surface area (Å²) < 4.78 is 5.79. The summed E-state index contributed by atoms with van der Waals surface area (Å²) in [5.41, 5.74) is 3.74. The predicted octanol–water partition coefficient (Wildman–Crippen LogP) is 7.12. The van der Waals surface area contributed by atoms with Gasteiger partial charge in [-0.15, -0.1) is 0 Å². The van der Waals surface area contributed by atoms with Crippen molar-refractivity contribution in [3.63, 3.8) is 0 Å². The predicted molar refractivity (Wildman–Crippen MR) is 130 cm³/mol. The molecule has 2 amide bonds. The number of nitrogens with zero attached hydrogens (tertiary/aromatic N) is 1. The van der Waals surface area contributed by atoms with Crippen molar-refractivity contribution in [3.05, 3.63) is 104 Å². The van der Waals surface area contributed by atoms with Crippen LogP contribution in [0.15, 0.2) is 71.6 Å². The van der Waals surface area contributed by atoms with Gasteiger partial charge in [0.2, 0.25) is 0 Å². The van der Waals surface area contributed by atoms with E-state index in [2.05, 4.69) is 0 Å². The quantitative estimate of drug-likeness (QED) is 0.350. The monoisotopic (exact) mass is 483 g/mol. The van der Waals surface area contributed by atoms with Crippen LogP contribution >= 0.6 is 35.0 Å². The Bertz CT molecular complexity index is 1210. The van der Waals surface area contributed by atoms with Gasteiger partial charge in [-0.2, -0.15) is 0 Å². The van der Waals surface area contributed by atoms with Crippen LogP contribution in [0.25, 0.3) is 6.08 Å². The number of aryl methyl sites for hydroxylation is 1. The van der Waals surface area contributed by atoms with Gasteiger partial charge in [-0.05, 0) is 65.7 Å². The normalized spacial score (nSPS) is 15.0. The molecule has 7 heteroatoms. The van der Waals surface area contributed by atoms with E-state index in [4.69, 9.17) is 27.9 Å². The third-order valence-corrected chi connectivity index (χ3v) is 6.51. The molecule has 1 aliphatic rings. The third kappa shape index (κ3) is 5.36. The van der Waals surface area contributed by atoms with Crippen molar-refractivity contribution in [2.24, 2.45) is 0 Å². The summed E-state index contributed by atoms with van der Waals surface area (Å²) in [6.45, 7) is 2.61. The SMILES string of the molecule is Cc1cccc(CN2C(=O)S/C(=C\c3ccc(OCc4ccc(Cl)c(Cl)c4)cc3)C2=O)c1. The Balaban J connectivity index is 1.40. The van der Waals surface area contributed by atoms with Gasteiger partial charge in [-0.3, -0.25) is 14.5 Å². The highest BCUT2D eigenvalue weighted by Crippen LogP contribution is 2.33. The average molecular weight is 484 g/mol. The summed E-state index contributed by atoms with van der Waals surface area (Å²) in [7, 11) is 0. The lowest BCUT2D eigenvalue weighted by molar-refractivity contribution is -0.123. The zero-order chi connectivity index (χ0) is 22.7. The zero-order valence-corrected chi connectivity index (χ0v) is 19.5. The number of carbonyl (C=O) groups excluding carboxylic acids is 2. The van der Waals surface area contributed by atoms with Gasteiger partial charge < -0.3 is 4.74 Å². The Morgan fingerprint density at radius 2 is 1.72 bits per heavy atom. The van der Waals surface area contributed by atoms with Crippen molar-refractivity contribution in [2.45, 2.75) is 20.1 Å². The minimum Gasteiger partial charge on any atom is -0.489 e. The van der Waals surface area contributed by atoms with E-state index in [1.165, 1.54) is 4.90 Å². The van der Waals surface area contributed by atoms with E-state index in [0.29, 0.717) is 27.3 Å². The zero-order valence-electron chi connectivity index (χ0n) is 17.2. The number of hydrogen-bond donors (Lipinski definition) is 0. The number of rotatable bonds is 6. The van der Waals surface area contributed by atoms with Crippen LogP contribution in [0.2, 0.25) is 10.0 Å². The maximum Gasteiger partial charge on any atom is 0.293 e. The van der Waals surface area contributed by atoms with E-state index in [1.807, 2.05) is 61.5 Å². The Morgan fingerprint density at radius 1 is 0.938 bits per heavy atom. The second-order valence-electron chi connectivity index (χ2n) is 7.36. The van der Waals surface area contributed by atoms with Crippen molar-refractivity contribution in [1.82, 2.24) is 4.90 Å². The fraction of sp³-hybridized carbons (Fsp3) is 0.120. The molecule has 0 N–H and O–H groups in total. The van der Waals surface area contributed by atoms with Gasteiger partial charge in [0, 0.05) is 0 Å². The molecule has 1 aliphatic heterocycles. The maximum absolute atomic E-state index is 12.8. The Labute approximate surface area is 200 Å². The highest BCUT2D eigenvalue weighted by Gasteiger charge is 2.34. The number of halogens is 2. The number of carbonyl (C=O) groups is 2. The fourth-order valence-electron chi connectivity index (χ4n) is 3.24. The number of ether oxygens (including phenoxy) is 1. The first-order valence-corrected chi connectivity index (χ1v) is 11.4. The number of imide groups is 1. The number of hydrogen-bond acceptors (Lipinski definition) is 4. The number of amides is 2. The average Bonchev–Trinajstić information content (AvgIpc) is 3.03. The molecule has 162 valence electrons. The van der Waals surface area contributed by atoms with Crippen LogP contribution in [0.5, 0.6) is 5.75 Å². The summed E-state index contributed by atoms with van der Waals surface area (Å²) in [4.78, 5) is 26.8. The van der Waals surface area contributed by atoms with Gasteiger partial charge >= 0.3 is 0 Å². The highest BCUT2D eigenvalue weighted by atomic mass is 35.5. The van der Waals surface area contributed by atoms with Crippen LogP contribution in [0, 0.1) is 6.92 Å². The summed E-state index contributed by atoms with van der Waals surface area (Å²) in [5, 5.41) is 0.729. The molecule has 3 aromatic rings. The molecule has 1 saturated heterocycles. The molecule has 4 rings (SSSR count). The van der Waals surface area contributed by atoms with E-state index in [-0.39, 0.29) is 17.7 Å². The molecule has 32 heavy (non-hydrogen) atoms. The summed E-state index contributed by atoms with van der Waals surface area (Å²) >= 11 is 12.9. The van der Waals surface area contributed by atoms with Crippen molar-refractivity contribution >= 4 is 52.2 Å². The minimum atomic E-state index is -0.276. The molecular formula is C25H19Cl2NO3S. The summed E-state index contributed by atoms with van der Waals surface area (Å²) in [6.07, 6.45) is 1.73. The van der Waals surface area contributed by atoms with Crippen LogP contribution < -0.4 is 4.74 Å². The summed E-state index contributed by atoms with van der Waals surface area (Å²) in [6, 6.07) is 20.5. The highest BCUT2D eigenvalue weighted by molar-refractivity contribution is 8.18. The first kappa shape index (κ1) is 22.5. The van der Waals surface area contributed by atoms with Crippen LogP contribution in [0.1, 0.15) is 22.3 Å². The van der Waals surface area contributed by atoms with E-state index in [1.54, 1.807) is 18.2 Å². The standard InChI is InChI=1S/C25H19Cl2NO3S/c1-16-3-2-4-18(11-16)14-28-24(29)23(32-25(28)30)13-17-5-8-20(9-6-17)31-15-19-7-10-21(26)22(27)12-19/h2-13H,14-15H2,1H3/b23-13-. The Morgan fingerprint density at radius 3 is 2.44 bits per heavy atom. The molecule has 0 bridgehead atoms. The second-order valence-corrected chi connectivity index (χ2v) is 9.17. The Hall–Kier alpha value is -2.73. The van der Waals surface area contributed by atoms with E-state index in [0.717, 1.165) is 34.0 Å². The van der Waals surface area contributed by atoms with Crippen LogP contribution in [-0.4, -0.2) is 16.0 Å². The largest absolute Gasteiger partial charge is 0.489 e. The fourth-order valence-corrected chi connectivity index (χ4v) is 4.40. The molecule has 4 nitrogen and oxygen atoms in total. The lowest BCUT2D eigenvalue weighted by Crippen LogP contribution is -2.27. The van der Waals surface area contributed by atoms with Crippen molar-refractivity contribution in [1.29, 1.82) is 0 Å². The molecule has 1 fully saturated rings. The first-order valence-electron chi connectivity index (χ1n) is 9.87. The molecule has 0 radical (unpaired) electrons. The van der Waals surface area contributed by atoms with Gasteiger partial charge in [-0.25, -0.2) is 0 Å². The van der Waals surface area contributed by atoms with Gasteiger partial charge in [-0.1, -0.05) is 71.2 Å². The van der Waals surface area contributed by atoms with E-state index < -0.39 is 0 Å². The third-order valence-electron chi connectivity index (χ3n) is 4.86. The molecule has 0 spiro atoms. The number of thioether (sulfide) groups is 1. The van der Waals surface area contributed by atoms with Crippen LogP contribution in [0.4, 0.5) is 4.79 Å². The lowest BCUT2D eigenvalue weighted by Gasteiger charge is -2.12. The van der Waals surface area contributed by atoms with Gasteiger partial charge in [0.25, 0.3) is 11.1 Å². The topological polar surface area (TPSA) is 46.6 Å². The van der Waals surface area contributed by atoms with Crippen molar-refractivity contribution < 1.29 is 14.3 Å². The molecule has 0 aromatic heterocycles. The maximum atomic E-state index is 12.8. The molecular weight excluding hydrogens is 465 g/mol. The molecule has 0 atom stereocenters. The van der Waals surface area contributed by atoms with Gasteiger partial charge in [0.05, 0.1) is 21.5 Å². The van der Waals surface area contributed by atoms with E-state index >= 15 is 0 Å². The minimum absolute atomic E-state index is 0.260. The number of benzene rings is 3. The van der Waals surface area contributed by atoms with Crippen molar-refractivity contribution in [2.75, 3.05) is 0 Å². The molecule has 1 heterocycles. The lowest BCUT2D eigenvalue weighted by atomic mass is 10.1. The molecule has 3 aromatic carbocycles. The molecule has 0 aliphatic carbocycles. The van der Waals surface area contributed by atoms with E-state index in [9.17, 15) is 9.59 Å². The first-order chi connectivity index (χ1) is 15.4. The molecule has 0 saturated carbocycles. The Kier molecular flexibility index (Phi) is 6.89. The second kappa shape index (κ2) is 9.82. The summed E-state index contributed by atoms with van der Waals surface area (Å²) in [5.74, 6) is 0.405. The van der Waals surface area contributed by atoms with Gasteiger partial charge in [0.1, 0.15) is 12.4 Å². The smallest absolute Gasteiger partial charge is 0.293 e. The van der Waals surface area contributed by atoms with Gasteiger partial charge in [0.15, 0.2) is 0 Å².